The molecule has 0 saturated heterocycles. The summed E-state index contributed by atoms with van der Waals surface area (Å²) in [6.07, 6.45) is 3.24. The number of hydrogen-bond donors (Lipinski definition) is 1. The van der Waals surface area contributed by atoms with Gasteiger partial charge in [0.15, 0.2) is 0 Å². The Bertz CT molecular complexity index is 432. The van der Waals surface area contributed by atoms with E-state index in [9.17, 15) is 4.39 Å². The van der Waals surface area contributed by atoms with E-state index in [0.29, 0.717) is 16.9 Å². The van der Waals surface area contributed by atoms with Gasteiger partial charge in [0, 0.05) is 22.5 Å². The van der Waals surface area contributed by atoms with Crippen LogP contribution >= 0.6 is 11.6 Å². The Hall–Kier alpha value is -0.600. The van der Waals surface area contributed by atoms with Crippen LogP contribution in [0.2, 0.25) is 5.02 Å². The van der Waals surface area contributed by atoms with Gasteiger partial charge in [-0.25, -0.2) is 4.39 Å². The quantitative estimate of drug-likeness (QED) is 0.796. The minimum Gasteiger partial charge on any atom is -0.316 e. The second-order valence-electron chi connectivity index (χ2n) is 6.58. The Morgan fingerprint density at radius 3 is 2.65 bits per heavy atom. The van der Waals surface area contributed by atoms with Crippen molar-refractivity contribution in [2.45, 2.75) is 45.4 Å². The van der Waals surface area contributed by atoms with Crippen molar-refractivity contribution in [3.63, 3.8) is 0 Å². The standard InChI is InChI=1S/C17H25ClFN/c1-4-13-8-17(9-13,11-20-10-12(2)3)16-14(18)6-5-7-15(16)19/h5-7,12-13,20H,4,8-11H2,1-3H3. The van der Waals surface area contributed by atoms with Gasteiger partial charge in [-0.3, -0.25) is 0 Å². The fourth-order valence-electron chi connectivity index (χ4n) is 3.38. The first-order valence-electron chi connectivity index (χ1n) is 7.63. The van der Waals surface area contributed by atoms with Crippen LogP contribution in [0.3, 0.4) is 0 Å². The first-order valence-corrected chi connectivity index (χ1v) is 8.01. The van der Waals surface area contributed by atoms with Gasteiger partial charge in [-0.1, -0.05) is 44.9 Å². The fraction of sp³-hybridized carbons (Fsp3) is 0.647. The first kappa shape index (κ1) is 15.8. The van der Waals surface area contributed by atoms with Crippen molar-refractivity contribution in [2.75, 3.05) is 13.1 Å². The monoisotopic (exact) mass is 297 g/mol. The van der Waals surface area contributed by atoms with Crippen LogP contribution in [0.15, 0.2) is 18.2 Å². The Labute approximate surface area is 126 Å². The van der Waals surface area contributed by atoms with Crippen LogP contribution in [0.25, 0.3) is 0 Å². The molecule has 0 atom stereocenters. The lowest BCUT2D eigenvalue weighted by Gasteiger charge is -2.49. The summed E-state index contributed by atoms with van der Waals surface area (Å²) in [6.45, 7) is 8.36. The van der Waals surface area contributed by atoms with E-state index in [1.807, 2.05) is 6.07 Å². The van der Waals surface area contributed by atoms with Crippen molar-refractivity contribution in [2.24, 2.45) is 11.8 Å². The molecule has 0 bridgehead atoms. The summed E-state index contributed by atoms with van der Waals surface area (Å²) in [6, 6.07) is 5.03. The van der Waals surface area contributed by atoms with E-state index >= 15 is 0 Å². The summed E-state index contributed by atoms with van der Waals surface area (Å²) < 4.78 is 14.3. The first-order chi connectivity index (χ1) is 9.48. The molecule has 0 heterocycles. The maximum absolute atomic E-state index is 14.3. The number of benzene rings is 1. The molecular formula is C17H25ClFN. The SMILES string of the molecule is CCC1CC(CNCC(C)C)(c2c(F)cccc2Cl)C1. The summed E-state index contributed by atoms with van der Waals surface area (Å²) in [7, 11) is 0. The Morgan fingerprint density at radius 2 is 2.10 bits per heavy atom. The van der Waals surface area contributed by atoms with Crippen molar-refractivity contribution in [1.82, 2.24) is 5.32 Å². The van der Waals surface area contributed by atoms with Gasteiger partial charge in [-0.05, 0) is 43.4 Å². The summed E-state index contributed by atoms with van der Waals surface area (Å²) in [5.74, 6) is 1.15. The average Bonchev–Trinajstić information content (AvgIpc) is 2.33. The maximum Gasteiger partial charge on any atom is 0.128 e. The molecule has 1 aliphatic rings. The zero-order chi connectivity index (χ0) is 14.8. The van der Waals surface area contributed by atoms with E-state index in [2.05, 4.69) is 26.1 Å². The third-order valence-electron chi connectivity index (χ3n) is 4.45. The van der Waals surface area contributed by atoms with Gasteiger partial charge in [0.25, 0.3) is 0 Å². The van der Waals surface area contributed by atoms with E-state index in [0.717, 1.165) is 37.9 Å². The highest BCUT2D eigenvalue weighted by Gasteiger charge is 2.46. The van der Waals surface area contributed by atoms with Crippen LogP contribution in [0.5, 0.6) is 0 Å². The van der Waals surface area contributed by atoms with Gasteiger partial charge >= 0.3 is 0 Å². The van der Waals surface area contributed by atoms with Crippen LogP contribution in [-0.4, -0.2) is 13.1 Å². The van der Waals surface area contributed by atoms with Crippen molar-refractivity contribution < 1.29 is 4.39 Å². The highest BCUT2D eigenvalue weighted by molar-refractivity contribution is 6.31. The molecule has 3 heteroatoms. The molecule has 1 aromatic rings. The van der Waals surface area contributed by atoms with Crippen LogP contribution in [0.4, 0.5) is 4.39 Å². The highest BCUT2D eigenvalue weighted by atomic mass is 35.5. The molecule has 0 radical (unpaired) electrons. The smallest absolute Gasteiger partial charge is 0.128 e. The van der Waals surface area contributed by atoms with E-state index in [1.165, 1.54) is 6.07 Å². The molecule has 1 saturated carbocycles. The van der Waals surface area contributed by atoms with Crippen molar-refractivity contribution in [3.8, 4) is 0 Å². The fourth-order valence-corrected chi connectivity index (χ4v) is 3.74. The molecule has 0 unspecified atom stereocenters. The molecule has 1 nitrogen and oxygen atoms in total. The van der Waals surface area contributed by atoms with Crippen LogP contribution in [-0.2, 0) is 5.41 Å². The highest BCUT2D eigenvalue weighted by Crippen LogP contribution is 2.51. The maximum atomic E-state index is 14.3. The number of rotatable bonds is 6. The van der Waals surface area contributed by atoms with Gasteiger partial charge in [-0.15, -0.1) is 0 Å². The van der Waals surface area contributed by atoms with Gasteiger partial charge in [0.2, 0.25) is 0 Å². The molecule has 0 spiro atoms. The molecule has 1 aliphatic carbocycles. The lowest BCUT2D eigenvalue weighted by atomic mass is 9.57. The Balaban J connectivity index is 2.20. The second-order valence-corrected chi connectivity index (χ2v) is 6.99. The Kier molecular flexibility index (Phi) is 5.09. The summed E-state index contributed by atoms with van der Waals surface area (Å²) in [4.78, 5) is 0. The predicted molar refractivity (Wildman–Crippen MR) is 83.8 cm³/mol. The number of hydrogen-bond acceptors (Lipinski definition) is 1. The van der Waals surface area contributed by atoms with Crippen molar-refractivity contribution in [1.29, 1.82) is 0 Å². The normalized spacial score (nSPS) is 25.8. The zero-order valence-corrected chi connectivity index (χ0v) is 13.4. The van der Waals surface area contributed by atoms with E-state index in [-0.39, 0.29) is 11.2 Å². The molecule has 1 fully saturated rings. The number of halogens is 2. The summed E-state index contributed by atoms with van der Waals surface area (Å²) in [5.41, 5.74) is 0.612. The lowest BCUT2D eigenvalue weighted by molar-refractivity contribution is 0.129. The summed E-state index contributed by atoms with van der Waals surface area (Å²) in [5, 5.41) is 4.07. The van der Waals surface area contributed by atoms with E-state index < -0.39 is 0 Å². The minimum atomic E-state index is -0.154. The summed E-state index contributed by atoms with van der Waals surface area (Å²) >= 11 is 6.29. The molecule has 1 N–H and O–H groups in total. The average molecular weight is 298 g/mol. The minimum absolute atomic E-state index is 0.113. The number of nitrogens with one attached hydrogen (secondary N) is 1. The molecule has 112 valence electrons. The molecule has 0 aromatic heterocycles. The molecule has 20 heavy (non-hydrogen) atoms. The van der Waals surface area contributed by atoms with Crippen molar-refractivity contribution >= 4 is 11.6 Å². The van der Waals surface area contributed by atoms with E-state index in [1.54, 1.807) is 6.07 Å². The third-order valence-corrected chi connectivity index (χ3v) is 4.76. The van der Waals surface area contributed by atoms with Gasteiger partial charge in [0.05, 0.1) is 0 Å². The molecule has 2 rings (SSSR count). The van der Waals surface area contributed by atoms with Crippen LogP contribution in [0, 0.1) is 17.7 Å². The largest absolute Gasteiger partial charge is 0.316 e. The molecular weight excluding hydrogens is 273 g/mol. The molecule has 0 amide bonds. The van der Waals surface area contributed by atoms with E-state index in [4.69, 9.17) is 11.6 Å². The zero-order valence-electron chi connectivity index (χ0n) is 12.7. The van der Waals surface area contributed by atoms with Gasteiger partial charge in [0.1, 0.15) is 5.82 Å². The van der Waals surface area contributed by atoms with Crippen LogP contribution in [0.1, 0.15) is 45.6 Å². The molecule has 0 aliphatic heterocycles. The van der Waals surface area contributed by atoms with Crippen LogP contribution < -0.4 is 5.32 Å². The van der Waals surface area contributed by atoms with Crippen molar-refractivity contribution in [3.05, 3.63) is 34.6 Å². The molecule has 1 aromatic carbocycles. The van der Waals surface area contributed by atoms with Gasteiger partial charge < -0.3 is 5.32 Å². The second kappa shape index (κ2) is 6.44. The topological polar surface area (TPSA) is 12.0 Å². The lowest BCUT2D eigenvalue weighted by Crippen LogP contribution is -2.49. The predicted octanol–water partition coefficient (Wildman–Crippen LogP) is 4.78. The Morgan fingerprint density at radius 1 is 1.40 bits per heavy atom. The third kappa shape index (κ3) is 3.17. The van der Waals surface area contributed by atoms with Gasteiger partial charge in [-0.2, -0.15) is 0 Å².